The molecule has 90 valence electrons. The fraction of sp³-hybridized carbons (Fsp3) is 0.500. The lowest BCUT2D eigenvalue weighted by Gasteiger charge is -2.16. The normalized spacial score (nSPS) is 14.6. The summed E-state index contributed by atoms with van der Waals surface area (Å²) in [6, 6.07) is 5.62. The number of ether oxygens (including phenoxy) is 1. The van der Waals surface area contributed by atoms with Crippen molar-refractivity contribution in [1.29, 1.82) is 0 Å². The molecule has 2 atom stereocenters. The molecule has 0 saturated carbocycles. The summed E-state index contributed by atoms with van der Waals surface area (Å²) in [5.41, 5.74) is 6.80. The molecule has 1 aromatic carbocycles. The molecule has 16 heavy (non-hydrogen) atoms. The Bertz CT molecular complexity index is 342. The number of rotatable bonds is 5. The molecule has 0 aliphatic carbocycles. The Morgan fingerprint density at radius 2 is 2.19 bits per heavy atom. The zero-order valence-electron chi connectivity index (χ0n) is 9.61. The van der Waals surface area contributed by atoms with Crippen LogP contribution in [0.4, 0.5) is 0 Å². The summed E-state index contributed by atoms with van der Waals surface area (Å²) in [4.78, 5) is 0. The van der Waals surface area contributed by atoms with E-state index in [9.17, 15) is 5.11 Å². The predicted molar refractivity (Wildman–Crippen MR) is 68.5 cm³/mol. The number of hydrogen-bond donors (Lipinski definition) is 2. The van der Waals surface area contributed by atoms with E-state index in [2.05, 4.69) is 15.9 Å². The van der Waals surface area contributed by atoms with Gasteiger partial charge >= 0.3 is 0 Å². The van der Waals surface area contributed by atoms with Gasteiger partial charge in [-0.1, -0.05) is 22.9 Å². The summed E-state index contributed by atoms with van der Waals surface area (Å²) in [6.07, 6.45) is 0.258. The van der Waals surface area contributed by atoms with Gasteiger partial charge in [-0.3, -0.25) is 0 Å². The van der Waals surface area contributed by atoms with Crippen LogP contribution >= 0.6 is 15.9 Å². The average molecular weight is 288 g/mol. The van der Waals surface area contributed by atoms with Crippen molar-refractivity contribution in [1.82, 2.24) is 0 Å². The first-order valence-electron chi connectivity index (χ1n) is 5.40. The Kier molecular flexibility index (Phi) is 5.25. The molecule has 0 radical (unpaired) electrons. The van der Waals surface area contributed by atoms with Crippen molar-refractivity contribution in [3.05, 3.63) is 28.2 Å². The number of halogens is 1. The third kappa shape index (κ3) is 3.77. The molecule has 4 heteroatoms. The van der Waals surface area contributed by atoms with E-state index >= 15 is 0 Å². The minimum atomic E-state index is -0.426. The number of nitrogens with two attached hydrogens (primary N) is 1. The average Bonchev–Trinajstić information content (AvgIpc) is 2.26. The minimum Gasteiger partial charge on any atom is -0.491 e. The number of aliphatic hydroxyl groups is 1. The van der Waals surface area contributed by atoms with E-state index in [0.29, 0.717) is 13.0 Å². The van der Waals surface area contributed by atoms with Crippen LogP contribution < -0.4 is 10.5 Å². The van der Waals surface area contributed by atoms with Crippen molar-refractivity contribution in [3.63, 3.8) is 0 Å². The molecule has 3 N–H and O–H groups in total. The summed E-state index contributed by atoms with van der Waals surface area (Å²) in [5, 5.41) is 9.44. The van der Waals surface area contributed by atoms with Crippen LogP contribution in [0, 0.1) is 0 Å². The lowest BCUT2D eigenvalue weighted by atomic mass is 10.1. The first kappa shape index (κ1) is 13.5. The van der Waals surface area contributed by atoms with Gasteiger partial charge in [0.25, 0.3) is 0 Å². The van der Waals surface area contributed by atoms with Gasteiger partial charge in [0, 0.05) is 16.1 Å². The highest BCUT2D eigenvalue weighted by Gasteiger charge is 2.10. The highest BCUT2D eigenvalue weighted by Crippen LogP contribution is 2.27. The number of hydrogen-bond acceptors (Lipinski definition) is 3. The Balaban J connectivity index is 2.78. The maximum absolute atomic E-state index is 9.44. The molecule has 0 fully saturated rings. The van der Waals surface area contributed by atoms with Crippen LogP contribution in [0.15, 0.2) is 22.7 Å². The van der Waals surface area contributed by atoms with E-state index in [0.717, 1.165) is 15.8 Å². The third-order valence-electron chi connectivity index (χ3n) is 2.36. The molecule has 1 rings (SSSR count). The molecule has 0 aliphatic rings. The second-order valence-electron chi connectivity index (χ2n) is 3.84. The number of aliphatic hydroxyl groups excluding tert-OH is 1. The molecule has 0 saturated heterocycles. The van der Waals surface area contributed by atoms with Crippen molar-refractivity contribution >= 4 is 15.9 Å². The van der Waals surface area contributed by atoms with E-state index in [-0.39, 0.29) is 6.04 Å². The van der Waals surface area contributed by atoms with Crippen molar-refractivity contribution in [2.45, 2.75) is 32.4 Å². The van der Waals surface area contributed by atoms with Crippen molar-refractivity contribution in [2.75, 3.05) is 6.61 Å². The van der Waals surface area contributed by atoms with Gasteiger partial charge in [-0.05, 0) is 31.5 Å². The van der Waals surface area contributed by atoms with Crippen LogP contribution in [0.2, 0.25) is 0 Å². The van der Waals surface area contributed by atoms with E-state index in [1.54, 1.807) is 0 Å². The summed E-state index contributed by atoms with van der Waals surface area (Å²) < 4.78 is 6.53. The van der Waals surface area contributed by atoms with Crippen LogP contribution in [-0.2, 0) is 0 Å². The van der Waals surface area contributed by atoms with Gasteiger partial charge in [-0.2, -0.15) is 0 Å². The summed E-state index contributed by atoms with van der Waals surface area (Å²) in [5.74, 6) is 0.741. The monoisotopic (exact) mass is 287 g/mol. The first-order chi connectivity index (χ1) is 7.54. The van der Waals surface area contributed by atoms with Gasteiger partial charge < -0.3 is 15.6 Å². The molecule has 3 nitrogen and oxygen atoms in total. The van der Waals surface area contributed by atoms with Gasteiger partial charge in [0.2, 0.25) is 0 Å². The molecular weight excluding hydrogens is 270 g/mol. The van der Waals surface area contributed by atoms with Crippen molar-refractivity contribution in [2.24, 2.45) is 5.73 Å². The van der Waals surface area contributed by atoms with Gasteiger partial charge in [-0.25, -0.2) is 0 Å². The number of benzene rings is 1. The quantitative estimate of drug-likeness (QED) is 0.875. The fourth-order valence-corrected chi connectivity index (χ4v) is 1.69. The van der Waals surface area contributed by atoms with Crippen LogP contribution in [-0.4, -0.2) is 17.8 Å². The van der Waals surface area contributed by atoms with Crippen LogP contribution in [0.1, 0.15) is 31.9 Å². The molecule has 2 unspecified atom stereocenters. The van der Waals surface area contributed by atoms with Gasteiger partial charge in [0.1, 0.15) is 12.4 Å². The van der Waals surface area contributed by atoms with Crippen LogP contribution in [0.25, 0.3) is 0 Å². The van der Waals surface area contributed by atoms with Gasteiger partial charge in [0.15, 0.2) is 0 Å². The van der Waals surface area contributed by atoms with Gasteiger partial charge in [-0.15, -0.1) is 0 Å². The van der Waals surface area contributed by atoms with E-state index < -0.39 is 6.10 Å². The van der Waals surface area contributed by atoms with Crippen molar-refractivity contribution < 1.29 is 9.84 Å². The zero-order chi connectivity index (χ0) is 12.1. The highest BCUT2D eigenvalue weighted by molar-refractivity contribution is 9.10. The largest absolute Gasteiger partial charge is 0.491 e. The lowest BCUT2D eigenvalue weighted by Crippen LogP contribution is -2.17. The molecule has 0 bridgehead atoms. The summed E-state index contributed by atoms with van der Waals surface area (Å²) in [6.45, 7) is 4.13. The minimum absolute atomic E-state index is 0.0914. The first-order valence-corrected chi connectivity index (χ1v) is 6.19. The third-order valence-corrected chi connectivity index (χ3v) is 2.86. The standard InChI is InChI=1S/C12H18BrNO2/c1-3-10(15)7-16-12-5-4-9(13)6-11(12)8(2)14/h4-6,8,10,15H,3,7,14H2,1-2H3. The Hall–Kier alpha value is -0.580. The van der Waals surface area contributed by atoms with E-state index in [4.69, 9.17) is 10.5 Å². The summed E-state index contributed by atoms with van der Waals surface area (Å²) >= 11 is 3.40. The predicted octanol–water partition coefficient (Wildman–Crippen LogP) is 2.62. The van der Waals surface area contributed by atoms with Crippen LogP contribution in [0.3, 0.4) is 0 Å². The van der Waals surface area contributed by atoms with Crippen molar-refractivity contribution in [3.8, 4) is 5.75 Å². The van der Waals surface area contributed by atoms with Crippen LogP contribution in [0.5, 0.6) is 5.75 Å². The highest BCUT2D eigenvalue weighted by atomic mass is 79.9. The van der Waals surface area contributed by atoms with E-state index in [1.807, 2.05) is 32.0 Å². The Morgan fingerprint density at radius 1 is 1.50 bits per heavy atom. The van der Waals surface area contributed by atoms with Gasteiger partial charge in [0.05, 0.1) is 6.10 Å². The lowest BCUT2D eigenvalue weighted by molar-refractivity contribution is 0.103. The topological polar surface area (TPSA) is 55.5 Å². The Morgan fingerprint density at radius 3 is 2.75 bits per heavy atom. The molecular formula is C12H18BrNO2. The molecule has 0 heterocycles. The summed E-state index contributed by atoms with van der Waals surface area (Å²) in [7, 11) is 0. The molecule has 0 aromatic heterocycles. The molecule has 0 amide bonds. The maximum Gasteiger partial charge on any atom is 0.124 e. The zero-order valence-corrected chi connectivity index (χ0v) is 11.2. The molecule has 1 aromatic rings. The SMILES string of the molecule is CCC(O)COc1ccc(Br)cc1C(C)N. The van der Waals surface area contributed by atoms with E-state index in [1.165, 1.54) is 0 Å². The Labute approximate surface area is 105 Å². The second kappa shape index (κ2) is 6.23. The smallest absolute Gasteiger partial charge is 0.124 e. The second-order valence-corrected chi connectivity index (χ2v) is 4.76. The molecule has 0 spiro atoms. The molecule has 0 aliphatic heterocycles. The fourth-order valence-electron chi connectivity index (χ4n) is 1.31. The maximum atomic E-state index is 9.44.